The molecular formula is C15H20N2. The van der Waals surface area contributed by atoms with E-state index >= 15 is 0 Å². The van der Waals surface area contributed by atoms with E-state index in [0.717, 1.165) is 13.1 Å². The number of anilines is 1. The summed E-state index contributed by atoms with van der Waals surface area (Å²) in [6.45, 7) is 5.76. The zero-order chi connectivity index (χ0) is 11.5. The molecule has 1 aromatic carbocycles. The topological polar surface area (TPSA) is 15.3 Å². The molecule has 1 fully saturated rings. The van der Waals surface area contributed by atoms with Crippen LogP contribution in [0.2, 0.25) is 0 Å². The van der Waals surface area contributed by atoms with Gasteiger partial charge < -0.3 is 10.2 Å². The molecule has 0 radical (unpaired) electrons. The molecule has 1 aromatic rings. The van der Waals surface area contributed by atoms with E-state index < -0.39 is 0 Å². The maximum Gasteiger partial charge on any atom is 0.0452 e. The molecule has 90 valence electrons. The zero-order valence-electron chi connectivity index (χ0n) is 10.5. The van der Waals surface area contributed by atoms with Gasteiger partial charge in [0.1, 0.15) is 0 Å². The van der Waals surface area contributed by atoms with E-state index in [-0.39, 0.29) is 0 Å². The van der Waals surface area contributed by atoms with Crippen LogP contribution in [0.4, 0.5) is 5.69 Å². The second-order valence-electron chi connectivity index (χ2n) is 6.02. The van der Waals surface area contributed by atoms with Crippen LogP contribution < -0.4 is 10.2 Å². The molecule has 2 nitrogen and oxygen atoms in total. The van der Waals surface area contributed by atoms with E-state index in [9.17, 15) is 0 Å². The number of fused-ring (bicyclic) bond motifs is 1. The van der Waals surface area contributed by atoms with E-state index in [2.05, 4.69) is 35.3 Å². The molecular weight excluding hydrogens is 208 g/mol. The third-order valence-electron chi connectivity index (χ3n) is 4.95. The molecule has 1 N–H and O–H groups in total. The van der Waals surface area contributed by atoms with Crippen LogP contribution in [-0.4, -0.2) is 19.1 Å². The molecule has 1 atom stereocenters. The minimum atomic E-state index is 0.575. The van der Waals surface area contributed by atoms with Gasteiger partial charge in [0.2, 0.25) is 0 Å². The summed E-state index contributed by atoms with van der Waals surface area (Å²) in [5.41, 5.74) is 5.31. The van der Waals surface area contributed by atoms with Crippen molar-refractivity contribution in [3.63, 3.8) is 0 Å². The van der Waals surface area contributed by atoms with E-state index in [0.29, 0.717) is 11.5 Å². The van der Waals surface area contributed by atoms with Crippen molar-refractivity contribution < 1.29 is 0 Å². The quantitative estimate of drug-likeness (QED) is 0.733. The number of para-hydroxylation sites is 1. The molecule has 0 saturated heterocycles. The summed E-state index contributed by atoms with van der Waals surface area (Å²) < 4.78 is 0. The average molecular weight is 228 g/mol. The molecule has 1 aliphatic carbocycles. The first-order chi connectivity index (χ1) is 8.30. The fraction of sp³-hybridized carbons (Fsp3) is 0.600. The van der Waals surface area contributed by atoms with Crippen LogP contribution in [0, 0.1) is 0 Å². The zero-order valence-corrected chi connectivity index (χ0v) is 10.5. The van der Waals surface area contributed by atoms with Crippen LogP contribution in [0.15, 0.2) is 18.2 Å². The first kappa shape index (κ1) is 9.95. The SMILES string of the molecule is CC1CNCc2cccc3c2N1CCC31CC1. The Morgan fingerprint density at radius 2 is 2.18 bits per heavy atom. The Hall–Kier alpha value is -1.02. The highest BCUT2D eigenvalue weighted by Gasteiger charge is 2.49. The summed E-state index contributed by atoms with van der Waals surface area (Å²) in [7, 11) is 0. The summed E-state index contributed by atoms with van der Waals surface area (Å²) in [6.07, 6.45) is 4.20. The van der Waals surface area contributed by atoms with Gasteiger partial charge in [0.25, 0.3) is 0 Å². The van der Waals surface area contributed by atoms with Gasteiger partial charge in [0.05, 0.1) is 0 Å². The Bertz CT molecular complexity index is 462. The van der Waals surface area contributed by atoms with Gasteiger partial charge in [-0.05, 0) is 42.7 Å². The minimum absolute atomic E-state index is 0.575. The molecule has 4 rings (SSSR count). The van der Waals surface area contributed by atoms with Crippen molar-refractivity contribution >= 4 is 5.69 Å². The van der Waals surface area contributed by atoms with Crippen molar-refractivity contribution in [2.45, 2.75) is 44.2 Å². The third-order valence-corrected chi connectivity index (χ3v) is 4.95. The third kappa shape index (κ3) is 1.30. The van der Waals surface area contributed by atoms with Gasteiger partial charge in [-0.25, -0.2) is 0 Å². The lowest BCUT2D eigenvalue weighted by atomic mass is 9.85. The van der Waals surface area contributed by atoms with Gasteiger partial charge >= 0.3 is 0 Å². The van der Waals surface area contributed by atoms with E-state index in [1.165, 1.54) is 31.4 Å². The van der Waals surface area contributed by atoms with Crippen molar-refractivity contribution in [3.05, 3.63) is 29.3 Å². The van der Waals surface area contributed by atoms with Crippen LogP contribution in [-0.2, 0) is 12.0 Å². The Labute approximate surface area is 103 Å². The number of hydrogen-bond donors (Lipinski definition) is 1. The number of rotatable bonds is 0. The second kappa shape index (κ2) is 3.26. The number of hydrogen-bond acceptors (Lipinski definition) is 2. The van der Waals surface area contributed by atoms with Gasteiger partial charge in [-0.15, -0.1) is 0 Å². The smallest absolute Gasteiger partial charge is 0.0452 e. The lowest BCUT2D eigenvalue weighted by molar-refractivity contribution is 0.516. The normalized spacial score (nSPS) is 28.8. The van der Waals surface area contributed by atoms with Gasteiger partial charge in [-0.1, -0.05) is 18.2 Å². The van der Waals surface area contributed by atoms with Crippen molar-refractivity contribution in [3.8, 4) is 0 Å². The number of benzene rings is 1. The molecule has 2 heteroatoms. The second-order valence-corrected chi connectivity index (χ2v) is 6.02. The van der Waals surface area contributed by atoms with Crippen molar-refractivity contribution in [2.24, 2.45) is 0 Å². The fourth-order valence-electron chi connectivity index (χ4n) is 3.72. The number of nitrogens with zero attached hydrogens (tertiary/aromatic N) is 1. The monoisotopic (exact) mass is 228 g/mol. The van der Waals surface area contributed by atoms with Gasteiger partial charge in [0, 0.05) is 31.4 Å². The highest BCUT2D eigenvalue weighted by Crippen LogP contribution is 2.57. The van der Waals surface area contributed by atoms with Crippen molar-refractivity contribution in [1.82, 2.24) is 5.32 Å². The Balaban J connectivity index is 1.93. The van der Waals surface area contributed by atoms with E-state index in [1.807, 2.05) is 0 Å². The first-order valence-electron chi connectivity index (χ1n) is 6.90. The van der Waals surface area contributed by atoms with Crippen LogP contribution in [0.1, 0.15) is 37.3 Å². The molecule has 0 bridgehead atoms. The summed E-state index contributed by atoms with van der Waals surface area (Å²) in [6, 6.07) is 7.58. The van der Waals surface area contributed by atoms with Crippen LogP contribution in [0.5, 0.6) is 0 Å². The number of nitrogens with one attached hydrogen (secondary N) is 1. The van der Waals surface area contributed by atoms with Crippen LogP contribution in [0.25, 0.3) is 0 Å². The Kier molecular flexibility index (Phi) is 1.91. The Morgan fingerprint density at radius 1 is 1.29 bits per heavy atom. The Morgan fingerprint density at radius 3 is 3.00 bits per heavy atom. The summed E-state index contributed by atoms with van der Waals surface area (Å²) in [5, 5.41) is 3.58. The standard InChI is InChI=1S/C15H20N2/c1-11-9-16-10-12-3-2-4-13-14(12)17(11)8-7-15(13)5-6-15/h2-4,11,16H,5-10H2,1H3. The minimum Gasteiger partial charge on any atom is -0.367 e. The van der Waals surface area contributed by atoms with Gasteiger partial charge in [-0.2, -0.15) is 0 Å². The first-order valence-corrected chi connectivity index (χ1v) is 6.90. The van der Waals surface area contributed by atoms with Crippen molar-refractivity contribution in [2.75, 3.05) is 18.0 Å². The summed E-state index contributed by atoms with van der Waals surface area (Å²) in [5.74, 6) is 0. The molecule has 2 aliphatic heterocycles. The predicted molar refractivity (Wildman–Crippen MR) is 70.5 cm³/mol. The molecule has 0 aromatic heterocycles. The summed E-state index contributed by atoms with van der Waals surface area (Å²) >= 11 is 0. The molecule has 1 unspecified atom stereocenters. The van der Waals surface area contributed by atoms with Crippen LogP contribution in [0.3, 0.4) is 0 Å². The lowest BCUT2D eigenvalue weighted by Crippen LogP contribution is -2.43. The molecule has 1 spiro atoms. The largest absolute Gasteiger partial charge is 0.367 e. The van der Waals surface area contributed by atoms with Crippen molar-refractivity contribution in [1.29, 1.82) is 0 Å². The van der Waals surface area contributed by atoms with Crippen LogP contribution >= 0.6 is 0 Å². The fourth-order valence-corrected chi connectivity index (χ4v) is 3.72. The molecule has 17 heavy (non-hydrogen) atoms. The van der Waals surface area contributed by atoms with E-state index in [4.69, 9.17) is 0 Å². The lowest BCUT2D eigenvalue weighted by Gasteiger charge is -2.39. The average Bonchev–Trinajstić information content (AvgIpc) is 3.11. The molecule has 3 aliphatic rings. The maximum absolute atomic E-state index is 3.58. The molecule has 0 amide bonds. The van der Waals surface area contributed by atoms with Gasteiger partial charge in [-0.3, -0.25) is 0 Å². The summed E-state index contributed by atoms with van der Waals surface area (Å²) in [4.78, 5) is 2.65. The van der Waals surface area contributed by atoms with Gasteiger partial charge in [0.15, 0.2) is 0 Å². The van der Waals surface area contributed by atoms with E-state index in [1.54, 1.807) is 11.3 Å². The maximum atomic E-state index is 3.58. The molecule has 1 saturated carbocycles. The highest BCUT2D eigenvalue weighted by molar-refractivity contribution is 5.66. The molecule has 2 heterocycles. The predicted octanol–water partition coefficient (Wildman–Crippen LogP) is 2.42. The highest BCUT2D eigenvalue weighted by atomic mass is 15.2.